The smallest absolute Gasteiger partial charge is 0.0196 e. The van der Waals surface area contributed by atoms with Gasteiger partial charge in [0.1, 0.15) is 0 Å². The first-order chi connectivity index (χ1) is 9.36. The number of hydrogen-bond acceptors (Lipinski definition) is 1. The van der Waals surface area contributed by atoms with Gasteiger partial charge in [0.2, 0.25) is 0 Å². The molecule has 0 amide bonds. The Hall–Kier alpha value is -1.46. The third-order valence-electron chi connectivity index (χ3n) is 2.96. The summed E-state index contributed by atoms with van der Waals surface area (Å²) in [6.07, 6.45) is 1.93. The van der Waals surface area contributed by atoms with Gasteiger partial charge in [0, 0.05) is 27.3 Å². The average Bonchev–Trinajstić information content (AvgIpc) is 2.51. The first-order valence-electron chi connectivity index (χ1n) is 6.68. The van der Waals surface area contributed by atoms with E-state index in [9.17, 15) is 0 Å². The van der Waals surface area contributed by atoms with E-state index in [-0.39, 0.29) is 21.1 Å². The van der Waals surface area contributed by atoms with Gasteiger partial charge in [0.25, 0.3) is 0 Å². The van der Waals surface area contributed by atoms with Crippen molar-refractivity contribution in [1.82, 2.24) is 4.98 Å². The molecule has 3 rings (SSSR count). The van der Waals surface area contributed by atoms with Gasteiger partial charge in [-0.25, -0.2) is 0 Å². The maximum Gasteiger partial charge on any atom is 0.0196 e. The SMILES string of the molecule is CC.Cc1cnc(-c2[c-]cccc2)c2ccccc12.[Pt]. The van der Waals surface area contributed by atoms with E-state index in [4.69, 9.17) is 0 Å². The minimum absolute atomic E-state index is 0. The molecule has 0 N–H and O–H groups in total. The van der Waals surface area contributed by atoms with Crippen molar-refractivity contribution in [3.8, 4) is 11.3 Å². The zero-order valence-electron chi connectivity index (χ0n) is 12.0. The van der Waals surface area contributed by atoms with Crippen LogP contribution in [0, 0.1) is 13.0 Å². The summed E-state index contributed by atoms with van der Waals surface area (Å²) < 4.78 is 0. The van der Waals surface area contributed by atoms with Crippen LogP contribution in [0.2, 0.25) is 0 Å². The molecule has 20 heavy (non-hydrogen) atoms. The predicted molar refractivity (Wildman–Crippen MR) is 82.1 cm³/mol. The van der Waals surface area contributed by atoms with Crippen LogP contribution in [0.1, 0.15) is 19.4 Å². The first kappa shape index (κ1) is 16.6. The molecule has 106 valence electrons. The molecule has 0 atom stereocenters. The summed E-state index contributed by atoms with van der Waals surface area (Å²) in [6.45, 7) is 6.09. The van der Waals surface area contributed by atoms with E-state index >= 15 is 0 Å². The van der Waals surface area contributed by atoms with Crippen molar-refractivity contribution in [3.63, 3.8) is 0 Å². The van der Waals surface area contributed by atoms with Crippen LogP contribution >= 0.6 is 0 Å². The molecule has 3 aromatic rings. The molecule has 0 aliphatic heterocycles. The monoisotopic (exact) mass is 443 g/mol. The van der Waals surface area contributed by atoms with Gasteiger partial charge < -0.3 is 4.98 Å². The van der Waals surface area contributed by atoms with Gasteiger partial charge in [0.05, 0.1) is 0 Å². The Kier molecular flexibility index (Phi) is 6.61. The van der Waals surface area contributed by atoms with Crippen LogP contribution in [0.25, 0.3) is 22.0 Å². The number of nitrogens with zero attached hydrogens (tertiary/aromatic N) is 1. The number of aromatic nitrogens is 1. The van der Waals surface area contributed by atoms with Crippen LogP contribution in [0.3, 0.4) is 0 Å². The summed E-state index contributed by atoms with van der Waals surface area (Å²) in [5.74, 6) is 0. The van der Waals surface area contributed by atoms with Gasteiger partial charge >= 0.3 is 0 Å². The molecule has 2 aromatic carbocycles. The van der Waals surface area contributed by atoms with Crippen molar-refractivity contribution in [2.45, 2.75) is 20.8 Å². The zero-order valence-corrected chi connectivity index (χ0v) is 14.2. The van der Waals surface area contributed by atoms with Crippen LogP contribution < -0.4 is 0 Å². The minimum atomic E-state index is 0. The van der Waals surface area contributed by atoms with E-state index in [1.54, 1.807) is 0 Å². The Labute approximate surface area is 135 Å². The van der Waals surface area contributed by atoms with E-state index in [0.29, 0.717) is 0 Å². The van der Waals surface area contributed by atoms with E-state index in [1.165, 1.54) is 16.3 Å². The minimum Gasteiger partial charge on any atom is -0.304 e. The summed E-state index contributed by atoms with van der Waals surface area (Å²) in [7, 11) is 0. The van der Waals surface area contributed by atoms with Gasteiger partial charge in [-0.1, -0.05) is 38.1 Å². The molecule has 0 fully saturated rings. The molecule has 0 aliphatic carbocycles. The Balaban J connectivity index is 0.000000639. The van der Waals surface area contributed by atoms with Gasteiger partial charge in [-0.15, -0.1) is 35.9 Å². The maximum atomic E-state index is 4.55. The van der Waals surface area contributed by atoms with Crippen LogP contribution in [0.15, 0.2) is 54.7 Å². The average molecular weight is 443 g/mol. The molecule has 1 heterocycles. The molecular weight excluding hydrogens is 425 g/mol. The second kappa shape index (κ2) is 7.97. The van der Waals surface area contributed by atoms with Crippen molar-refractivity contribution in [2.24, 2.45) is 0 Å². The number of pyridine rings is 1. The third-order valence-corrected chi connectivity index (χ3v) is 2.96. The number of benzene rings is 2. The van der Waals surface area contributed by atoms with Crippen molar-refractivity contribution in [1.29, 1.82) is 0 Å². The molecule has 0 aliphatic rings. The zero-order chi connectivity index (χ0) is 13.7. The van der Waals surface area contributed by atoms with E-state index < -0.39 is 0 Å². The molecule has 2 heteroatoms. The molecule has 0 saturated carbocycles. The van der Waals surface area contributed by atoms with Crippen LogP contribution in [0.5, 0.6) is 0 Å². The van der Waals surface area contributed by atoms with Crippen molar-refractivity contribution >= 4 is 10.8 Å². The molecule has 1 aromatic heterocycles. The van der Waals surface area contributed by atoms with E-state index in [0.717, 1.165) is 11.3 Å². The number of aryl methyl sites for hydroxylation is 1. The second-order valence-corrected chi connectivity index (χ2v) is 4.11. The Morgan fingerprint density at radius 2 is 1.55 bits per heavy atom. The fraction of sp³-hybridized carbons (Fsp3) is 0.167. The maximum absolute atomic E-state index is 4.55. The quantitative estimate of drug-likeness (QED) is 0.481. The molecule has 0 unspecified atom stereocenters. The summed E-state index contributed by atoms with van der Waals surface area (Å²) in [5.41, 5.74) is 3.26. The summed E-state index contributed by atoms with van der Waals surface area (Å²) in [5, 5.41) is 2.45. The topological polar surface area (TPSA) is 12.9 Å². The molecule has 1 nitrogen and oxygen atoms in total. The molecular formula is C18H18NPt-. The molecule has 0 radical (unpaired) electrons. The summed E-state index contributed by atoms with van der Waals surface area (Å²) in [6, 6.07) is 19.6. The first-order valence-corrected chi connectivity index (χ1v) is 6.68. The van der Waals surface area contributed by atoms with Crippen LogP contribution in [0.4, 0.5) is 0 Å². The molecule has 0 saturated heterocycles. The van der Waals surface area contributed by atoms with Crippen LogP contribution in [-0.2, 0) is 21.1 Å². The normalized spacial score (nSPS) is 9.35. The Morgan fingerprint density at radius 3 is 2.20 bits per heavy atom. The fourth-order valence-electron chi connectivity index (χ4n) is 2.09. The van der Waals surface area contributed by atoms with Crippen LogP contribution in [-0.4, -0.2) is 4.98 Å². The van der Waals surface area contributed by atoms with Crippen molar-refractivity contribution in [3.05, 3.63) is 66.4 Å². The summed E-state index contributed by atoms with van der Waals surface area (Å²) >= 11 is 0. The van der Waals surface area contributed by atoms with Crippen molar-refractivity contribution in [2.75, 3.05) is 0 Å². The largest absolute Gasteiger partial charge is 0.304 e. The van der Waals surface area contributed by atoms with Gasteiger partial charge in [0.15, 0.2) is 0 Å². The summed E-state index contributed by atoms with van der Waals surface area (Å²) in [4.78, 5) is 4.55. The Morgan fingerprint density at radius 1 is 0.900 bits per heavy atom. The molecule has 0 spiro atoms. The predicted octanol–water partition coefficient (Wildman–Crippen LogP) is 5.03. The van der Waals surface area contributed by atoms with E-state index in [1.807, 2.05) is 44.3 Å². The van der Waals surface area contributed by atoms with Gasteiger partial charge in [-0.05, 0) is 29.0 Å². The van der Waals surface area contributed by atoms with E-state index in [2.05, 4.69) is 42.2 Å². The van der Waals surface area contributed by atoms with Gasteiger partial charge in [-0.3, -0.25) is 0 Å². The third kappa shape index (κ3) is 3.35. The fourth-order valence-corrected chi connectivity index (χ4v) is 2.09. The number of hydrogen-bond donors (Lipinski definition) is 0. The molecule has 0 bridgehead atoms. The van der Waals surface area contributed by atoms with Crippen molar-refractivity contribution < 1.29 is 21.1 Å². The van der Waals surface area contributed by atoms with Gasteiger partial charge in [-0.2, -0.15) is 0 Å². The Bertz CT molecular complexity index is 663. The standard InChI is InChI=1S/C16H12N.C2H6.Pt/c1-12-11-17-16(13-7-3-2-4-8-13)15-10-6-5-9-14(12)15;1-2;/h2-7,9-11H,1H3;1-2H3;/q-1;;. The number of fused-ring (bicyclic) bond motifs is 1. The second-order valence-electron chi connectivity index (χ2n) is 4.11. The number of rotatable bonds is 1.